The van der Waals surface area contributed by atoms with Crippen molar-refractivity contribution in [2.75, 3.05) is 7.11 Å². The number of carbonyl (C=O) groups excluding carboxylic acids is 2. The molecule has 0 saturated carbocycles. The predicted molar refractivity (Wildman–Crippen MR) is 97.8 cm³/mol. The first-order valence-electron chi connectivity index (χ1n) is 7.65. The van der Waals surface area contributed by atoms with Gasteiger partial charge in [0.2, 0.25) is 4.80 Å². The molecule has 0 saturated heterocycles. The number of hydrogen-bond acceptors (Lipinski definition) is 6. The lowest BCUT2D eigenvalue weighted by Crippen LogP contribution is -2.37. The molecule has 3 rings (SSSR count). The van der Waals surface area contributed by atoms with Crippen molar-refractivity contribution in [3.8, 4) is 0 Å². The number of rotatable bonds is 3. The van der Waals surface area contributed by atoms with E-state index in [9.17, 15) is 14.4 Å². The summed E-state index contributed by atoms with van der Waals surface area (Å²) in [5.74, 6) is -1.17. The quantitative estimate of drug-likeness (QED) is 0.668. The van der Waals surface area contributed by atoms with Gasteiger partial charge in [0, 0.05) is 11.6 Å². The molecule has 7 heteroatoms. The number of hydrogen-bond donors (Lipinski definition) is 0. The first kappa shape index (κ1) is 17.5. The zero-order valence-electron chi connectivity index (χ0n) is 13.8. The Bertz CT molecular complexity index is 1070. The van der Waals surface area contributed by atoms with Crippen molar-refractivity contribution in [2.45, 2.75) is 0 Å². The Balaban J connectivity index is 2.26. The Kier molecular flexibility index (Phi) is 5.19. The van der Waals surface area contributed by atoms with Gasteiger partial charge in [-0.3, -0.25) is 9.59 Å². The van der Waals surface area contributed by atoms with Gasteiger partial charge < -0.3 is 4.74 Å². The summed E-state index contributed by atoms with van der Waals surface area (Å²) in [6.45, 7) is 0. The molecular weight excluding hydrogens is 352 g/mol. The molecule has 0 bridgehead atoms. The Morgan fingerprint density at radius 2 is 1.62 bits per heavy atom. The monoisotopic (exact) mass is 366 g/mol. The minimum Gasteiger partial charge on any atom is -0.465 e. The molecule has 6 nitrogen and oxygen atoms in total. The first-order chi connectivity index (χ1) is 12.6. The Morgan fingerprint density at radius 3 is 2.23 bits per heavy atom. The van der Waals surface area contributed by atoms with Crippen molar-refractivity contribution in [2.24, 2.45) is 4.99 Å². The van der Waals surface area contributed by atoms with E-state index in [1.54, 1.807) is 54.6 Å². The summed E-state index contributed by atoms with van der Waals surface area (Å²) in [6, 6.07) is 18.4. The molecule has 1 aromatic heterocycles. The maximum atomic E-state index is 12.8. The van der Waals surface area contributed by atoms with Gasteiger partial charge in [-0.1, -0.05) is 47.7 Å². The molecule has 0 aliphatic rings. The molecule has 0 atom stereocenters. The summed E-state index contributed by atoms with van der Waals surface area (Å²) >= 11 is 0.915. The van der Waals surface area contributed by atoms with E-state index in [1.165, 1.54) is 7.11 Å². The molecule has 0 radical (unpaired) electrons. The van der Waals surface area contributed by atoms with E-state index in [0.717, 1.165) is 22.0 Å². The lowest BCUT2D eigenvalue weighted by atomic mass is 10.2. The second-order valence-corrected chi connectivity index (χ2v) is 6.19. The van der Waals surface area contributed by atoms with Gasteiger partial charge in [0.1, 0.15) is 4.88 Å². The number of esters is 1. The van der Waals surface area contributed by atoms with E-state index in [0.29, 0.717) is 11.3 Å². The number of para-hydroxylation sites is 1. The van der Waals surface area contributed by atoms with Crippen LogP contribution in [0.5, 0.6) is 0 Å². The topological polar surface area (TPSA) is 77.7 Å². The van der Waals surface area contributed by atoms with Crippen LogP contribution in [0.25, 0.3) is 0 Å². The number of benzene rings is 2. The molecule has 3 aromatic rings. The highest BCUT2D eigenvalue weighted by molar-refractivity contribution is 7.11. The van der Waals surface area contributed by atoms with Crippen LogP contribution < -0.4 is 10.4 Å². The highest BCUT2D eigenvalue weighted by atomic mass is 32.1. The standard InChI is InChI=1S/C19H14N2O4S/c1-25-18(24)15-12-16(22)21(17(23)13-8-4-2-5-9-13)19(26-15)20-14-10-6-3-7-11-14/h2-12H,1H3. The van der Waals surface area contributed by atoms with Gasteiger partial charge >= 0.3 is 5.97 Å². The number of nitrogens with zero attached hydrogens (tertiary/aromatic N) is 2. The summed E-state index contributed by atoms with van der Waals surface area (Å²) in [4.78, 5) is 41.8. The van der Waals surface area contributed by atoms with Crippen LogP contribution in [-0.4, -0.2) is 23.6 Å². The van der Waals surface area contributed by atoms with Gasteiger partial charge in [0.15, 0.2) is 0 Å². The van der Waals surface area contributed by atoms with Gasteiger partial charge in [-0.05, 0) is 24.3 Å². The minimum atomic E-state index is -0.657. The van der Waals surface area contributed by atoms with E-state index in [4.69, 9.17) is 0 Å². The van der Waals surface area contributed by atoms with Crippen LogP contribution in [0.1, 0.15) is 20.0 Å². The molecular formula is C19H14N2O4S. The smallest absolute Gasteiger partial charge is 0.348 e. The van der Waals surface area contributed by atoms with Crippen LogP contribution in [-0.2, 0) is 4.74 Å². The fourth-order valence-electron chi connectivity index (χ4n) is 2.23. The summed E-state index contributed by atoms with van der Waals surface area (Å²) in [5.41, 5.74) is 0.254. The van der Waals surface area contributed by atoms with Crippen LogP contribution in [0.15, 0.2) is 76.5 Å². The van der Waals surface area contributed by atoms with Crippen molar-refractivity contribution in [3.63, 3.8) is 0 Å². The third-order valence-corrected chi connectivity index (χ3v) is 4.42. The zero-order valence-corrected chi connectivity index (χ0v) is 14.6. The van der Waals surface area contributed by atoms with Crippen LogP contribution in [0.4, 0.5) is 5.69 Å². The number of ether oxygens (including phenoxy) is 1. The van der Waals surface area contributed by atoms with Crippen molar-refractivity contribution < 1.29 is 14.3 Å². The molecule has 2 aromatic carbocycles. The fourth-order valence-corrected chi connectivity index (χ4v) is 3.17. The van der Waals surface area contributed by atoms with E-state index >= 15 is 0 Å². The maximum absolute atomic E-state index is 12.8. The predicted octanol–water partition coefficient (Wildman–Crippen LogP) is 2.62. The van der Waals surface area contributed by atoms with Gasteiger partial charge in [-0.15, -0.1) is 0 Å². The molecule has 0 aliphatic heterocycles. The molecule has 0 aliphatic carbocycles. The second-order valence-electron chi connectivity index (χ2n) is 5.18. The highest BCUT2D eigenvalue weighted by Crippen LogP contribution is 2.10. The highest BCUT2D eigenvalue weighted by Gasteiger charge is 2.17. The first-order valence-corrected chi connectivity index (χ1v) is 8.47. The maximum Gasteiger partial charge on any atom is 0.348 e. The molecule has 0 N–H and O–H groups in total. The zero-order chi connectivity index (χ0) is 18.5. The summed E-state index contributed by atoms with van der Waals surface area (Å²) in [6.07, 6.45) is 0. The molecule has 0 amide bonds. The van der Waals surface area contributed by atoms with Crippen molar-refractivity contribution in [3.05, 3.63) is 92.3 Å². The van der Waals surface area contributed by atoms with E-state index in [2.05, 4.69) is 9.73 Å². The minimum absolute atomic E-state index is 0.0734. The van der Waals surface area contributed by atoms with Gasteiger partial charge in [-0.25, -0.2) is 14.4 Å². The SMILES string of the molecule is COC(=O)c1cc(=O)n(C(=O)c2ccccc2)c(=Nc2ccccc2)s1. The third-order valence-electron chi connectivity index (χ3n) is 3.46. The van der Waals surface area contributed by atoms with Crippen molar-refractivity contribution in [1.29, 1.82) is 0 Å². The molecule has 26 heavy (non-hydrogen) atoms. The lowest BCUT2D eigenvalue weighted by Gasteiger charge is -2.06. The summed E-state index contributed by atoms with van der Waals surface area (Å²) in [7, 11) is 1.23. The molecule has 130 valence electrons. The van der Waals surface area contributed by atoms with Crippen molar-refractivity contribution >= 4 is 28.9 Å². The number of aromatic nitrogens is 1. The van der Waals surface area contributed by atoms with E-state index in [1.807, 2.05) is 6.07 Å². The summed E-state index contributed by atoms with van der Waals surface area (Å²) in [5, 5.41) is 0. The third kappa shape index (κ3) is 3.68. The Labute approximate surface area is 152 Å². The normalized spacial score (nSPS) is 11.2. The molecule has 0 unspecified atom stereocenters. The average molecular weight is 366 g/mol. The molecule has 0 fully saturated rings. The van der Waals surface area contributed by atoms with Crippen LogP contribution in [0.2, 0.25) is 0 Å². The molecule has 0 spiro atoms. The van der Waals surface area contributed by atoms with Crippen LogP contribution in [0.3, 0.4) is 0 Å². The lowest BCUT2D eigenvalue weighted by molar-refractivity contribution is 0.0605. The van der Waals surface area contributed by atoms with E-state index < -0.39 is 17.4 Å². The Morgan fingerprint density at radius 1 is 1.00 bits per heavy atom. The molecule has 1 heterocycles. The number of carbonyl (C=O) groups is 2. The summed E-state index contributed by atoms with van der Waals surface area (Å²) < 4.78 is 5.64. The van der Waals surface area contributed by atoms with Gasteiger partial charge in [0.05, 0.1) is 12.8 Å². The van der Waals surface area contributed by atoms with Gasteiger partial charge in [-0.2, -0.15) is 0 Å². The van der Waals surface area contributed by atoms with Gasteiger partial charge in [0.25, 0.3) is 11.5 Å². The Hall–Kier alpha value is -3.32. The largest absolute Gasteiger partial charge is 0.465 e. The fraction of sp³-hybridized carbons (Fsp3) is 0.0526. The van der Waals surface area contributed by atoms with E-state index in [-0.39, 0.29) is 9.68 Å². The average Bonchev–Trinajstić information content (AvgIpc) is 2.68. The van der Waals surface area contributed by atoms with Crippen LogP contribution in [0, 0.1) is 0 Å². The second kappa shape index (κ2) is 7.71. The van der Waals surface area contributed by atoms with Crippen LogP contribution >= 0.6 is 11.3 Å². The van der Waals surface area contributed by atoms with Crippen molar-refractivity contribution in [1.82, 2.24) is 4.57 Å². The number of methoxy groups -OCH3 is 1.